The van der Waals surface area contributed by atoms with Gasteiger partial charge >= 0.3 is 0 Å². The number of fused-ring (bicyclic) bond motifs is 1. The molecule has 1 atom stereocenters. The monoisotopic (exact) mass is 403 g/mol. The first-order valence-electron chi connectivity index (χ1n) is 8.01. The summed E-state index contributed by atoms with van der Waals surface area (Å²) in [6, 6.07) is 2.76. The lowest BCUT2D eigenvalue weighted by atomic mass is 10.1. The van der Waals surface area contributed by atoms with Gasteiger partial charge in [-0.25, -0.2) is 13.4 Å². The Morgan fingerprint density at radius 1 is 1.32 bits per heavy atom. The molecule has 1 aromatic heterocycles. The Balaban J connectivity index is 2.14. The van der Waals surface area contributed by atoms with Crippen LogP contribution in [0, 0.1) is 5.92 Å². The van der Waals surface area contributed by atoms with E-state index in [1.165, 1.54) is 10.8 Å². The van der Waals surface area contributed by atoms with E-state index in [2.05, 4.69) is 4.98 Å². The summed E-state index contributed by atoms with van der Waals surface area (Å²) < 4.78 is 24.2. The molecule has 1 unspecified atom stereocenters. The van der Waals surface area contributed by atoms with E-state index in [1.807, 2.05) is 0 Å². The summed E-state index contributed by atoms with van der Waals surface area (Å²) in [6.07, 6.45) is 3.44. The zero-order chi connectivity index (χ0) is 18.4. The predicted molar refractivity (Wildman–Crippen MR) is 100 cm³/mol. The highest BCUT2D eigenvalue weighted by Crippen LogP contribution is 2.39. The minimum atomic E-state index is -3.12. The van der Waals surface area contributed by atoms with Crippen molar-refractivity contribution in [2.75, 3.05) is 12.0 Å². The van der Waals surface area contributed by atoms with Crippen molar-refractivity contribution in [3.8, 4) is 0 Å². The lowest BCUT2D eigenvalue weighted by Crippen LogP contribution is -2.31. The van der Waals surface area contributed by atoms with Gasteiger partial charge in [-0.1, -0.05) is 23.2 Å². The first-order valence-corrected chi connectivity index (χ1v) is 10.8. The number of sulfone groups is 1. The summed E-state index contributed by atoms with van der Waals surface area (Å²) in [5, 5.41) is 0.838. The molecule has 3 rings (SSSR count). The second-order valence-corrected chi connectivity index (χ2v) is 9.60. The summed E-state index contributed by atoms with van der Waals surface area (Å²) in [6.45, 7) is 0.216. The molecule has 0 saturated heterocycles. The van der Waals surface area contributed by atoms with Crippen LogP contribution < -0.4 is 11.3 Å². The number of benzene rings is 1. The molecule has 9 heteroatoms. The van der Waals surface area contributed by atoms with Crippen LogP contribution in [-0.2, 0) is 16.4 Å². The van der Waals surface area contributed by atoms with Gasteiger partial charge < -0.3 is 5.73 Å². The summed E-state index contributed by atoms with van der Waals surface area (Å²) in [4.78, 5) is 17.5. The van der Waals surface area contributed by atoms with E-state index in [9.17, 15) is 13.2 Å². The molecule has 0 bridgehead atoms. The van der Waals surface area contributed by atoms with E-state index in [1.54, 1.807) is 12.1 Å². The molecule has 1 aliphatic carbocycles. The lowest BCUT2D eigenvalue weighted by molar-refractivity contribution is 0.515. The van der Waals surface area contributed by atoms with Gasteiger partial charge in [-0.05, 0) is 37.3 Å². The Labute approximate surface area is 155 Å². The zero-order valence-corrected chi connectivity index (χ0v) is 16.0. The molecule has 1 aromatic carbocycles. The second-order valence-electron chi connectivity index (χ2n) is 6.53. The van der Waals surface area contributed by atoms with Crippen molar-refractivity contribution >= 4 is 43.9 Å². The Morgan fingerprint density at radius 2 is 1.96 bits per heavy atom. The van der Waals surface area contributed by atoms with Crippen molar-refractivity contribution in [2.45, 2.75) is 31.8 Å². The van der Waals surface area contributed by atoms with Crippen molar-refractivity contribution in [1.82, 2.24) is 9.55 Å². The van der Waals surface area contributed by atoms with E-state index < -0.39 is 9.84 Å². The fourth-order valence-corrected chi connectivity index (χ4v) is 3.98. The van der Waals surface area contributed by atoms with Gasteiger partial charge in [-0.3, -0.25) is 9.36 Å². The molecule has 25 heavy (non-hydrogen) atoms. The molecule has 0 aliphatic heterocycles. The molecule has 1 heterocycles. The van der Waals surface area contributed by atoms with E-state index in [0.717, 1.165) is 12.8 Å². The average Bonchev–Trinajstić information content (AvgIpc) is 3.35. The first-order chi connectivity index (χ1) is 11.7. The average molecular weight is 404 g/mol. The molecule has 136 valence electrons. The summed E-state index contributed by atoms with van der Waals surface area (Å²) in [7, 11) is -3.12. The van der Waals surface area contributed by atoms with Gasteiger partial charge in [0.1, 0.15) is 15.7 Å². The third-order valence-corrected chi connectivity index (χ3v) is 6.01. The van der Waals surface area contributed by atoms with E-state index >= 15 is 0 Å². The normalized spacial score (nSPS) is 16.3. The van der Waals surface area contributed by atoms with Crippen molar-refractivity contribution in [1.29, 1.82) is 0 Å². The topological polar surface area (TPSA) is 95.1 Å². The Hall–Kier alpha value is -1.15. The van der Waals surface area contributed by atoms with Gasteiger partial charge in [-0.15, -0.1) is 0 Å². The molecule has 1 fully saturated rings. The zero-order valence-electron chi connectivity index (χ0n) is 13.7. The molecule has 2 N–H and O–H groups in total. The summed E-state index contributed by atoms with van der Waals surface area (Å²) >= 11 is 12.4. The molecule has 6 nitrogen and oxygen atoms in total. The first kappa shape index (κ1) is 18.6. The van der Waals surface area contributed by atoms with Gasteiger partial charge in [-0.2, -0.15) is 0 Å². The SMILES string of the molecule is CS(=O)(=O)CCCn1c(C(N)C2CC2)nc2c(Cl)ccc(Cl)c2c1=O. The third kappa shape index (κ3) is 4.00. The Morgan fingerprint density at radius 3 is 2.56 bits per heavy atom. The van der Waals surface area contributed by atoms with Crippen LogP contribution in [0.3, 0.4) is 0 Å². The number of hydrogen-bond acceptors (Lipinski definition) is 5. The number of aromatic nitrogens is 2. The quantitative estimate of drug-likeness (QED) is 0.799. The number of hydrogen-bond donors (Lipinski definition) is 1. The van der Waals surface area contributed by atoms with Crippen LogP contribution in [0.15, 0.2) is 16.9 Å². The maximum absolute atomic E-state index is 13.0. The van der Waals surface area contributed by atoms with Crippen LogP contribution >= 0.6 is 23.2 Å². The van der Waals surface area contributed by atoms with Crippen LogP contribution in [0.25, 0.3) is 10.9 Å². The van der Waals surface area contributed by atoms with Crippen LogP contribution in [0.2, 0.25) is 10.0 Å². The minimum Gasteiger partial charge on any atom is -0.321 e. The second kappa shape index (κ2) is 6.87. The maximum Gasteiger partial charge on any atom is 0.263 e. The van der Waals surface area contributed by atoms with Crippen molar-refractivity contribution < 1.29 is 8.42 Å². The fourth-order valence-electron chi connectivity index (χ4n) is 2.89. The van der Waals surface area contributed by atoms with Crippen LogP contribution in [-0.4, -0.2) is 30.0 Å². The predicted octanol–water partition coefficient (Wildman–Crippen LogP) is 2.55. The molecule has 0 radical (unpaired) electrons. The van der Waals surface area contributed by atoms with Crippen LogP contribution in [0.1, 0.15) is 31.1 Å². The van der Waals surface area contributed by atoms with Gasteiger partial charge in [0.25, 0.3) is 5.56 Å². The van der Waals surface area contributed by atoms with Gasteiger partial charge in [0.15, 0.2) is 0 Å². The molecule has 1 aliphatic rings. The summed E-state index contributed by atoms with van der Waals surface area (Å²) in [5.41, 5.74) is 6.29. The van der Waals surface area contributed by atoms with Crippen molar-refractivity contribution in [3.05, 3.63) is 38.4 Å². The number of nitrogens with zero attached hydrogens (tertiary/aromatic N) is 2. The van der Waals surface area contributed by atoms with Gasteiger partial charge in [0.05, 0.1) is 32.7 Å². The summed E-state index contributed by atoms with van der Waals surface area (Å²) in [5.74, 6) is 0.708. The molecular formula is C16H19Cl2N3O3S. The molecule has 0 spiro atoms. The van der Waals surface area contributed by atoms with Gasteiger partial charge in [0.2, 0.25) is 0 Å². The van der Waals surface area contributed by atoms with Crippen LogP contribution in [0.4, 0.5) is 0 Å². The van der Waals surface area contributed by atoms with E-state index in [-0.39, 0.29) is 40.2 Å². The Bertz CT molecular complexity index is 984. The lowest BCUT2D eigenvalue weighted by Gasteiger charge is -2.18. The van der Waals surface area contributed by atoms with Crippen LogP contribution in [0.5, 0.6) is 0 Å². The maximum atomic E-state index is 13.0. The van der Waals surface area contributed by atoms with Gasteiger partial charge in [0, 0.05) is 12.8 Å². The highest BCUT2D eigenvalue weighted by molar-refractivity contribution is 7.90. The highest BCUT2D eigenvalue weighted by Gasteiger charge is 2.33. The molecule has 0 amide bonds. The van der Waals surface area contributed by atoms with E-state index in [4.69, 9.17) is 28.9 Å². The standard InChI is InChI=1S/C16H19Cl2N3O3S/c1-25(23,24)8-2-7-21-15(13(19)9-3-4-9)20-14-11(18)6-5-10(17)12(14)16(21)22/h5-6,9,13H,2-4,7-8,19H2,1H3. The Kier molecular flexibility index (Phi) is 5.12. The third-order valence-electron chi connectivity index (χ3n) is 4.36. The smallest absolute Gasteiger partial charge is 0.263 e. The van der Waals surface area contributed by atoms with Crippen molar-refractivity contribution in [2.24, 2.45) is 11.7 Å². The number of halogens is 2. The minimum absolute atomic E-state index is 0.0150. The number of rotatable bonds is 6. The number of nitrogens with two attached hydrogens (primary N) is 1. The molecular weight excluding hydrogens is 385 g/mol. The van der Waals surface area contributed by atoms with E-state index in [0.29, 0.717) is 22.8 Å². The fraction of sp³-hybridized carbons (Fsp3) is 0.500. The largest absolute Gasteiger partial charge is 0.321 e. The van der Waals surface area contributed by atoms with Crippen molar-refractivity contribution in [3.63, 3.8) is 0 Å². The highest BCUT2D eigenvalue weighted by atomic mass is 35.5. The molecule has 2 aromatic rings. The molecule has 1 saturated carbocycles.